The Morgan fingerprint density at radius 1 is 0.373 bits per heavy atom. The lowest BCUT2D eigenvalue weighted by molar-refractivity contribution is 0.629. The highest BCUT2D eigenvalue weighted by atomic mass is 16.3. The summed E-state index contributed by atoms with van der Waals surface area (Å²) in [5.74, 6) is 0.901. The van der Waals surface area contributed by atoms with Crippen molar-refractivity contribution in [1.82, 2.24) is 0 Å². The van der Waals surface area contributed by atoms with Crippen molar-refractivity contribution >= 4 is 38.8 Å². The molecular weight excluding hydrogens is 619 g/mol. The second kappa shape index (κ2) is 13.0. The molecule has 0 radical (unpaired) electrons. The van der Waals surface area contributed by atoms with Crippen LogP contribution in [0.15, 0.2) is 199 Å². The average Bonchev–Trinajstić information content (AvgIpc) is 3.55. The van der Waals surface area contributed by atoms with Gasteiger partial charge in [0.25, 0.3) is 0 Å². The van der Waals surface area contributed by atoms with Crippen LogP contribution in [0.1, 0.15) is 5.56 Å². The van der Waals surface area contributed by atoms with E-state index in [4.69, 9.17) is 4.42 Å². The number of nitrogens with zero attached hydrogens (tertiary/aromatic N) is 1. The van der Waals surface area contributed by atoms with Gasteiger partial charge in [0.15, 0.2) is 0 Å². The number of anilines is 3. The molecular formula is C49H35NO. The third-order valence-electron chi connectivity index (χ3n) is 9.86. The zero-order valence-corrected chi connectivity index (χ0v) is 28.3. The van der Waals surface area contributed by atoms with Gasteiger partial charge in [0.1, 0.15) is 11.3 Å². The molecule has 0 atom stereocenters. The van der Waals surface area contributed by atoms with Crippen LogP contribution in [0.25, 0.3) is 66.4 Å². The van der Waals surface area contributed by atoms with E-state index in [1.165, 1.54) is 44.2 Å². The maximum absolute atomic E-state index is 6.42. The van der Waals surface area contributed by atoms with Gasteiger partial charge >= 0.3 is 0 Å². The summed E-state index contributed by atoms with van der Waals surface area (Å²) in [5, 5.41) is 3.64. The predicted molar refractivity (Wildman–Crippen MR) is 215 cm³/mol. The number of hydrogen-bond acceptors (Lipinski definition) is 2. The normalized spacial score (nSPS) is 11.2. The van der Waals surface area contributed by atoms with E-state index >= 15 is 0 Å². The Morgan fingerprint density at radius 3 is 1.67 bits per heavy atom. The summed E-state index contributed by atoms with van der Waals surface area (Å²) in [6, 6.07) is 69.2. The summed E-state index contributed by atoms with van der Waals surface area (Å²) < 4.78 is 6.42. The third-order valence-corrected chi connectivity index (χ3v) is 9.86. The molecule has 1 aromatic heterocycles. The van der Waals surface area contributed by atoms with Crippen LogP contribution in [0.3, 0.4) is 0 Å². The Morgan fingerprint density at radius 2 is 0.922 bits per heavy atom. The molecule has 0 saturated carbocycles. The second-order valence-corrected chi connectivity index (χ2v) is 13.0. The van der Waals surface area contributed by atoms with Crippen molar-refractivity contribution in [3.05, 3.63) is 200 Å². The molecule has 8 aromatic carbocycles. The van der Waals surface area contributed by atoms with Crippen molar-refractivity contribution in [3.63, 3.8) is 0 Å². The van der Waals surface area contributed by atoms with Crippen molar-refractivity contribution in [1.29, 1.82) is 0 Å². The first-order chi connectivity index (χ1) is 25.2. The molecule has 0 aliphatic heterocycles. The van der Waals surface area contributed by atoms with Gasteiger partial charge in [0.05, 0.1) is 0 Å². The first kappa shape index (κ1) is 30.4. The molecule has 2 nitrogen and oxygen atoms in total. The van der Waals surface area contributed by atoms with Gasteiger partial charge in [-0.25, -0.2) is 0 Å². The lowest BCUT2D eigenvalue weighted by Gasteiger charge is -2.26. The molecule has 0 spiro atoms. The van der Waals surface area contributed by atoms with E-state index in [1.54, 1.807) is 0 Å². The molecule has 0 aliphatic rings. The van der Waals surface area contributed by atoms with Gasteiger partial charge in [0, 0.05) is 33.6 Å². The van der Waals surface area contributed by atoms with E-state index in [9.17, 15) is 0 Å². The Kier molecular flexibility index (Phi) is 7.75. The minimum absolute atomic E-state index is 0.901. The number of para-hydroxylation sites is 1. The zero-order chi connectivity index (χ0) is 34.1. The fourth-order valence-corrected chi connectivity index (χ4v) is 7.26. The Hall–Kier alpha value is -6.64. The maximum atomic E-state index is 6.42. The van der Waals surface area contributed by atoms with Gasteiger partial charge in [-0.05, 0) is 99.6 Å². The highest BCUT2D eigenvalue weighted by Crippen LogP contribution is 2.41. The molecule has 9 aromatic rings. The summed E-state index contributed by atoms with van der Waals surface area (Å²) in [6.07, 6.45) is 0. The molecule has 0 N–H and O–H groups in total. The standard InChI is InChI=1S/C49H35NO/c1-34-45-20-7-8-23-48(45)51-49(34)41-18-10-19-44(33-41)50(43-30-26-38(27-31-43)47-22-11-15-37-14-5-6-21-46(37)47)42-28-24-36(25-29-42)40-17-9-16-39(32-40)35-12-3-2-4-13-35/h2-33H,1H3. The van der Waals surface area contributed by atoms with Gasteiger partial charge in [-0.2, -0.15) is 0 Å². The topological polar surface area (TPSA) is 16.4 Å². The van der Waals surface area contributed by atoms with Crippen molar-refractivity contribution in [2.45, 2.75) is 6.92 Å². The maximum Gasteiger partial charge on any atom is 0.138 e. The highest BCUT2D eigenvalue weighted by molar-refractivity contribution is 5.97. The first-order valence-corrected chi connectivity index (χ1v) is 17.4. The molecule has 0 unspecified atom stereocenters. The van der Waals surface area contributed by atoms with Crippen LogP contribution < -0.4 is 4.90 Å². The largest absolute Gasteiger partial charge is 0.456 e. The van der Waals surface area contributed by atoms with Crippen LogP contribution in [0.2, 0.25) is 0 Å². The van der Waals surface area contributed by atoms with E-state index in [-0.39, 0.29) is 0 Å². The van der Waals surface area contributed by atoms with Crippen LogP contribution in [-0.4, -0.2) is 0 Å². The van der Waals surface area contributed by atoms with E-state index in [0.717, 1.165) is 44.9 Å². The molecule has 1 heterocycles. The van der Waals surface area contributed by atoms with Gasteiger partial charge in [-0.15, -0.1) is 0 Å². The monoisotopic (exact) mass is 653 g/mol. The summed E-state index contributed by atoms with van der Waals surface area (Å²) in [7, 11) is 0. The lowest BCUT2D eigenvalue weighted by atomic mass is 9.97. The fraction of sp³-hybridized carbons (Fsp3) is 0.0204. The number of aryl methyl sites for hydroxylation is 1. The van der Waals surface area contributed by atoms with E-state index < -0.39 is 0 Å². The molecule has 9 rings (SSSR count). The van der Waals surface area contributed by atoms with E-state index in [0.29, 0.717) is 0 Å². The minimum Gasteiger partial charge on any atom is -0.456 e. The van der Waals surface area contributed by atoms with Crippen molar-refractivity contribution in [2.24, 2.45) is 0 Å². The molecule has 0 aliphatic carbocycles. The quantitative estimate of drug-likeness (QED) is 0.170. The molecule has 0 bridgehead atoms. The number of hydrogen-bond donors (Lipinski definition) is 0. The van der Waals surface area contributed by atoms with Crippen LogP contribution in [0.4, 0.5) is 17.1 Å². The molecule has 2 heteroatoms. The minimum atomic E-state index is 0.901. The zero-order valence-electron chi connectivity index (χ0n) is 28.3. The molecule has 0 saturated heterocycles. The molecule has 51 heavy (non-hydrogen) atoms. The van der Waals surface area contributed by atoms with Crippen LogP contribution in [0, 0.1) is 6.92 Å². The summed E-state index contributed by atoms with van der Waals surface area (Å²) in [4.78, 5) is 2.33. The fourth-order valence-electron chi connectivity index (χ4n) is 7.26. The Bertz CT molecular complexity index is 2630. The van der Waals surface area contributed by atoms with Gasteiger partial charge < -0.3 is 9.32 Å². The van der Waals surface area contributed by atoms with Gasteiger partial charge in [0.2, 0.25) is 0 Å². The number of fused-ring (bicyclic) bond motifs is 2. The second-order valence-electron chi connectivity index (χ2n) is 13.0. The molecule has 0 amide bonds. The first-order valence-electron chi connectivity index (χ1n) is 17.4. The van der Waals surface area contributed by atoms with Crippen LogP contribution in [-0.2, 0) is 0 Å². The Balaban J connectivity index is 1.13. The third kappa shape index (κ3) is 5.77. The van der Waals surface area contributed by atoms with Gasteiger partial charge in [-0.3, -0.25) is 0 Å². The summed E-state index contributed by atoms with van der Waals surface area (Å²) >= 11 is 0. The van der Waals surface area contributed by atoms with Crippen LogP contribution in [0.5, 0.6) is 0 Å². The lowest BCUT2D eigenvalue weighted by Crippen LogP contribution is -2.10. The smallest absolute Gasteiger partial charge is 0.138 e. The molecule has 242 valence electrons. The van der Waals surface area contributed by atoms with E-state index in [1.807, 2.05) is 12.1 Å². The summed E-state index contributed by atoms with van der Waals surface area (Å²) in [5.41, 5.74) is 13.5. The number of benzene rings is 8. The Labute approximate surface area is 298 Å². The number of furan rings is 1. The molecule has 0 fully saturated rings. The van der Waals surface area contributed by atoms with Crippen molar-refractivity contribution in [3.8, 4) is 44.7 Å². The summed E-state index contributed by atoms with van der Waals surface area (Å²) in [6.45, 7) is 2.14. The van der Waals surface area contributed by atoms with E-state index in [2.05, 4.69) is 194 Å². The number of rotatable bonds is 7. The highest BCUT2D eigenvalue weighted by Gasteiger charge is 2.17. The van der Waals surface area contributed by atoms with Crippen LogP contribution >= 0.6 is 0 Å². The van der Waals surface area contributed by atoms with Gasteiger partial charge in [-0.1, -0.05) is 146 Å². The predicted octanol–water partition coefficient (Wildman–Crippen LogP) is 14.0. The van der Waals surface area contributed by atoms with Crippen molar-refractivity contribution in [2.75, 3.05) is 4.90 Å². The SMILES string of the molecule is Cc1c(-c2cccc(N(c3ccc(-c4cccc(-c5ccccc5)c4)cc3)c3ccc(-c4cccc5ccccc45)cc3)c2)oc2ccccc12. The average molecular weight is 654 g/mol. The van der Waals surface area contributed by atoms with Crippen molar-refractivity contribution < 1.29 is 4.42 Å².